The van der Waals surface area contributed by atoms with Crippen molar-refractivity contribution in [2.45, 2.75) is 32.1 Å². The highest BCUT2D eigenvalue weighted by Crippen LogP contribution is 2.41. The molecule has 1 aliphatic rings. The van der Waals surface area contributed by atoms with Crippen LogP contribution in [0.3, 0.4) is 0 Å². The molecule has 0 unspecified atom stereocenters. The standard InChI is InChI=1S/C13H13Cl2N/c14-11-3-4-12(15)10(7-11)8-13(9-16)5-1-2-6-13/h3-4,7H,1-2,5-6,8H2. The summed E-state index contributed by atoms with van der Waals surface area (Å²) in [7, 11) is 0. The lowest BCUT2D eigenvalue weighted by atomic mass is 9.81. The minimum atomic E-state index is -0.214. The molecule has 16 heavy (non-hydrogen) atoms. The molecule has 1 aromatic carbocycles. The first-order chi connectivity index (χ1) is 7.65. The average molecular weight is 254 g/mol. The topological polar surface area (TPSA) is 23.8 Å². The van der Waals surface area contributed by atoms with Crippen molar-refractivity contribution in [2.24, 2.45) is 5.41 Å². The van der Waals surface area contributed by atoms with Gasteiger partial charge in [0.2, 0.25) is 0 Å². The van der Waals surface area contributed by atoms with Crippen LogP contribution < -0.4 is 0 Å². The normalized spacial score (nSPS) is 18.3. The fraction of sp³-hybridized carbons (Fsp3) is 0.462. The third kappa shape index (κ3) is 2.34. The summed E-state index contributed by atoms with van der Waals surface area (Å²) in [6.07, 6.45) is 4.97. The Labute approximate surface area is 106 Å². The van der Waals surface area contributed by atoms with Crippen LogP contribution in [0.5, 0.6) is 0 Å². The maximum atomic E-state index is 9.31. The van der Waals surface area contributed by atoms with E-state index in [-0.39, 0.29) is 5.41 Å². The van der Waals surface area contributed by atoms with E-state index in [9.17, 15) is 5.26 Å². The predicted molar refractivity (Wildman–Crippen MR) is 66.7 cm³/mol. The lowest BCUT2D eigenvalue weighted by Crippen LogP contribution is -2.17. The summed E-state index contributed by atoms with van der Waals surface area (Å²) in [6, 6.07) is 7.93. The summed E-state index contributed by atoms with van der Waals surface area (Å²) in [5.74, 6) is 0. The molecule has 0 saturated heterocycles. The van der Waals surface area contributed by atoms with E-state index in [0.717, 1.165) is 37.7 Å². The van der Waals surface area contributed by atoms with Gasteiger partial charge in [0.25, 0.3) is 0 Å². The molecule has 0 atom stereocenters. The highest BCUT2D eigenvalue weighted by molar-refractivity contribution is 6.33. The average Bonchev–Trinajstić information content (AvgIpc) is 2.73. The summed E-state index contributed by atoms with van der Waals surface area (Å²) < 4.78 is 0. The quantitative estimate of drug-likeness (QED) is 0.755. The van der Waals surface area contributed by atoms with Gasteiger partial charge in [-0.1, -0.05) is 36.0 Å². The minimum Gasteiger partial charge on any atom is -0.198 e. The van der Waals surface area contributed by atoms with Crippen molar-refractivity contribution < 1.29 is 0 Å². The van der Waals surface area contributed by atoms with Crippen LogP contribution in [0, 0.1) is 16.7 Å². The summed E-state index contributed by atoms with van der Waals surface area (Å²) in [5, 5.41) is 10.7. The summed E-state index contributed by atoms with van der Waals surface area (Å²) in [6.45, 7) is 0. The van der Waals surface area contributed by atoms with Crippen LogP contribution >= 0.6 is 23.2 Å². The van der Waals surface area contributed by atoms with Gasteiger partial charge in [0.15, 0.2) is 0 Å². The molecular weight excluding hydrogens is 241 g/mol. The van der Waals surface area contributed by atoms with Crippen LogP contribution in [0.4, 0.5) is 0 Å². The van der Waals surface area contributed by atoms with E-state index in [1.165, 1.54) is 0 Å². The fourth-order valence-electron chi connectivity index (χ4n) is 2.42. The number of nitrogens with zero attached hydrogens (tertiary/aromatic N) is 1. The molecular formula is C13H13Cl2N. The largest absolute Gasteiger partial charge is 0.198 e. The van der Waals surface area contributed by atoms with Gasteiger partial charge in [-0.2, -0.15) is 5.26 Å². The van der Waals surface area contributed by atoms with Gasteiger partial charge in [0.1, 0.15) is 0 Å². The number of hydrogen-bond acceptors (Lipinski definition) is 1. The lowest BCUT2D eigenvalue weighted by molar-refractivity contribution is 0.408. The monoisotopic (exact) mass is 253 g/mol. The molecule has 0 bridgehead atoms. The summed E-state index contributed by atoms with van der Waals surface area (Å²) in [4.78, 5) is 0. The van der Waals surface area contributed by atoms with E-state index in [4.69, 9.17) is 23.2 Å². The highest BCUT2D eigenvalue weighted by Gasteiger charge is 2.34. The van der Waals surface area contributed by atoms with Crippen LogP contribution in [0.25, 0.3) is 0 Å². The second kappa shape index (κ2) is 4.65. The predicted octanol–water partition coefficient (Wildman–Crippen LogP) is 4.62. The molecule has 1 saturated carbocycles. The van der Waals surface area contributed by atoms with E-state index in [1.54, 1.807) is 12.1 Å². The van der Waals surface area contributed by atoms with Gasteiger partial charge >= 0.3 is 0 Å². The first kappa shape index (κ1) is 11.8. The van der Waals surface area contributed by atoms with Crippen LogP contribution in [-0.2, 0) is 6.42 Å². The zero-order valence-corrected chi connectivity index (χ0v) is 10.5. The van der Waals surface area contributed by atoms with Gasteiger partial charge in [-0.25, -0.2) is 0 Å². The van der Waals surface area contributed by atoms with Crippen molar-refractivity contribution in [3.05, 3.63) is 33.8 Å². The highest BCUT2D eigenvalue weighted by atomic mass is 35.5. The molecule has 0 aromatic heterocycles. The number of halogens is 2. The molecule has 3 heteroatoms. The molecule has 0 aliphatic heterocycles. The van der Waals surface area contributed by atoms with Crippen LogP contribution in [-0.4, -0.2) is 0 Å². The number of rotatable bonds is 2. The zero-order valence-electron chi connectivity index (χ0n) is 8.97. The second-order valence-electron chi connectivity index (χ2n) is 4.51. The third-order valence-electron chi connectivity index (χ3n) is 3.33. The number of hydrogen-bond donors (Lipinski definition) is 0. The molecule has 1 nitrogen and oxygen atoms in total. The molecule has 1 aliphatic carbocycles. The van der Waals surface area contributed by atoms with Gasteiger partial charge in [-0.05, 0) is 43.0 Å². The van der Waals surface area contributed by atoms with E-state index in [0.29, 0.717) is 10.0 Å². The molecule has 0 heterocycles. The Kier molecular flexibility index (Phi) is 3.42. The maximum Gasteiger partial charge on any atom is 0.0693 e. The Balaban J connectivity index is 2.26. The Morgan fingerprint density at radius 2 is 1.94 bits per heavy atom. The van der Waals surface area contributed by atoms with Crippen LogP contribution in [0.1, 0.15) is 31.2 Å². The maximum absolute atomic E-state index is 9.31. The second-order valence-corrected chi connectivity index (χ2v) is 5.36. The molecule has 84 valence electrons. The first-order valence-corrected chi connectivity index (χ1v) is 6.26. The van der Waals surface area contributed by atoms with Crippen molar-refractivity contribution >= 4 is 23.2 Å². The van der Waals surface area contributed by atoms with E-state index in [1.807, 2.05) is 6.07 Å². The van der Waals surface area contributed by atoms with E-state index in [2.05, 4.69) is 6.07 Å². The van der Waals surface area contributed by atoms with E-state index >= 15 is 0 Å². The Morgan fingerprint density at radius 1 is 1.25 bits per heavy atom. The fourth-order valence-corrected chi connectivity index (χ4v) is 2.80. The summed E-state index contributed by atoms with van der Waals surface area (Å²) in [5.41, 5.74) is 0.784. The Bertz CT molecular complexity index is 428. The minimum absolute atomic E-state index is 0.214. The third-order valence-corrected chi connectivity index (χ3v) is 3.94. The van der Waals surface area contributed by atoms with Gasteiger partial charge in [0, 0.05) is 10.0 Å². The van der Waals surface area contributed by atoms with Gasteiger partial charge < -0.3 is 0 Å². The van der Waals surface area contributed by atoms with E-state index < -0.39 is 0 Å². The van der Waals surface area contributed by atoms with Crippen molar-refractivity contribution in [1.29, 1.82) is 5.26 Å². The molecule has 0 spiro atoms. The van der Waals surface area contributed by atoms with Crippen molar-refractivity contribution in [3.63, 3.8) is 0 Å². The Hall–Kier alpha value is -0.710. The SMILES string of the molecule is N#CC1(Cc2cc(Cl)ccc2Cl)CCCC1. The lowest BCUT2D eigenvalue weighted by Gasteiger charge is -2.20. The molecule has 1 aromatic rings. The summed E-state index contributed by atoms with van der Waals surface area (Å²) >= 11 is 12.1. The molecule has 0 amide bonds. The van der Waals surface area contributed by atoms with Crippen LogP contribution in [0.15, 0.2) is 18.2 Å². The molecule has 1 fully saturated rings. The van der Waals surface area contributed by atoms with Gasteiger partial charge in [-0.3, -0.25) is 0 Å². The molecule has 0 N–H and O–H groups in total. The van der Waals surface area contributed by atoms with Gasteiger partial charge in [-0.15, -0.1) is 0 Å². The van der Waals surface area contributed by atoms with Crippen molar-refractivity contribution in [1.82, 2.24) is 0 Å². The Morgan fingerprint density at radius 3 is 2.56 bits per heavy atom. The van der Waals surface area contributed by atoms with Crippen molar-refractivity contribution in [3.8, 4) is 6.07 Å². The first-order valence-electron chi connectivity index (χ1n) is 5.50. The smallest absolute Gasteiger partial charge is 0.0693 e. The van der Waals surface area contributed by atoms with Crippen LogP contribution in [0.2, 0.25) is 10.0 Å². The number of nitriles is 1. The number of benzene rings is 1. The molecule has 2 rings (SSSR count). The van der Waals surface area contributed by atoms with Gasteiger partial charge in [0.05, 0.1) is 11.5 Å². The zero-order chi connectivity index (χ0) is 11.6. The molecule has 0 radical (unpaired) electrons. The van der Waals surface area contributed by atoms with Crippen molar-refractivity contribution in [2.75, 3.05) is 0 Å².